The van der Waals surface area contributed by atoms with Crippen molar-refractivity contribution in [3.63, 3.8) is 0 Å². The molecule has 1 amide bonds. The lowest BCUT2D eigenvalue weighted by Crippen LogP contribution is -2.31. The summed E-state index contributed by atoms with van der Waals surface area (Å²) in [6, 6.07) is 14.7. The topological polar surface area (TPSA) is 90.3 Å². The molecule has 1 atom stereocenters. The number of benzene rings is 2. The van der Waals surface area contributed by atoms with Crippen molar-refractivity contribution >= 4 is 29.3 Å². The van der Waals surface area contributed by atoms with Gasteiger partial charge in [0.1, 0.15) is 6.04 Å². The highest BCUT2D eigenvalue weighted by atomic mass is 32.2. The van der Waals surface area contributed by atoms with Gasteiger partial charge in [-0.05, 0) is 48.9 Å². The summed E-state index contributed by atoms with van der Waals surface area (Å²) >= 11 is 1.55. The van der Waals surface area contributed by atoms with Gasteiger partial charge in [-0.25, -0.2) is 4.68 Å². The van der Waals surface area contributed by atoms with Crippen molar-refractivity contribution in [1.29, 1.82) is 0 Å². The van der Waals surface area contributed by atoms with Crippen molar-refractivity contribution < 1.29 is 14.3 Å². The van der Waals surface area contributed by atoms with Crippen molar-refractivity contribution in [2.75, 3.05) is 30.1 Å². The largest absolute Gasteiger partial charge is 0.493 e. The Morgan fingerprint density at radius 3 is 2.69 bits per heavy atom. The SMILES string of the molecule is CCCCOc1ccc(C2C(C(=O)Nc3ccccc3)=C(C)Nc3nc(SCC)nn32)cc1OC. The Balaban J connectivity index is 1.76. The number of anilines is 2. The van der Waals surface area contributed by atoms with E-state index >= 15 is 0 Å². The van der Waals surface area contributed by atoms with Crippen LogP contribution < -0.4 is 20.1 Å². The summed E-state index contributed by atoms with van der Waals surface area (Å²) in [6.45, 7) is 6.68. The number of para-hydroxylation sites is 1. The van der Waals surface area contributed by atoms with Crippen molar-refractivity contribution in [3.05, 3.63) is 65.4 Å². The number of carbonyl (C=O) groups excluding carboxylic acids is 1. The van der Waals surface area contributed by atoms with Gasteiger partial charge in [-0.3, -0.25) is 4.79 Å². The lowest BCUT2D eigenvalue weighted by molar-refractivity contribution is -0.113. The predicted octanol–water partition coefficient (Wildman–Crippen LogP) is 5.51. The Kier molecular flexibility index (Phi) is 7.97. The van der Waals surface area contributed by atoms with E-state index in [2.05, 4.69) is 29.5 Å². The first-order valence-corrected chi connectivity index (χ1v) is 12.8. The summed E-state index contributed by atoms with van der Waals surface area (Å²) in [7, 11) is 1.62. The monoisotopic (exact) mass is 493 g/mol. The maximum atomic E-state index is 13.6. The van der Waals surface area contributed by atoms with Crippen LogP contribution in [-0.2, 0) is 4.79 Å². The van der Waals surface area contributed by atoms with E-state index in [1.54, 1.807) is 23.6 Å². The summed E-state index contributed by atoms with van der Waals surface area (Å²) in [5.74, 6) is 2.53. The number of hydrogen-bond donors (Lipinski definition) is 2. The molecule has 0 bridgehead atoms. The molecule has 0 saturated heterocycles. The van der Waals surface area contributed by atoms with E-state index in [4.69, 9.17) is 14.6 Å². The lowest BCUT2D eigenvalue weighted by atomic mass is 9.94. The molecule has 3 aromatic rings. The molecule has 184 valence electrons. The van der Waals surface area contributed by atoms with Gasteiger partial charge < -0.3 is 20.1 Å². The Hall–Kier alpha value is -3.46. The number of methoxy groups -OCH3 is 1. The van der Waals surface area contributed by atoms with Crippen LogP contribution in [0.3, 0.4) is 0 Å². The smallest absolute Gasteiger partial charge is 0.255 e. The second-order valence-electron chi connectivity index (χ2n) is 8.09. The predicted molar refractivity (Wildman–Crippen MR) is 139 cm³/mol. The molecule has 2 heterocycles. The van der Waals surface area contributed by atoms with Gasteiger partial charge in [-0.15, -0.1) is 5.10 Å². The highest BCUT2D eigenvalue weighted by Gasteiger charge is 2.35. The number of allylic oxidation sites excluding steroid dienone is 1. The number of unbranched alkanes of at least 4 members (excludes halogenated alkanes) is 1. The first-order valence-electron chi connectivity index (χ1n) is 11.8. The Bertz CT molecular complexity index is 1210. The number of rotatable bonds is 10. The number of thioether (sulfide) groups is 1. The third-order valence-electron chi connectivity index (χ3n) is 5.64. The highest BCUT2D eigenvalue weighted by Crippen LogP contribution is 2.39. The van der Waals surface area contributed by atoms with Crippen LogP contribution in [0, 0.1) is 0 Å². The Morgan fingerprint density at radius 1 is 1.17 bits per heavy atom. The van der Waals surface area contributed by atoms with Crippen LogP contribution in [0.5, 0.6) is 11.5 Å². The number of ether oxygens (including phenoxy) is 2. The summed E-state index contributed by atoms with van der Waals surface area (Å²) < 4.78 is 13.3. The molecule has 1 aliphatic rings. The van der Waals surface area contributed by atoms with Crippen LogP contribution in [-0.4, -0.2) is 40.1 Å². The van der Waals surface area contributed by atoms with Gasteiger partial charge in [0.15, 0.2) is 11.5 Å². The fourth-order valence-electron chi connectivity index (χ4n) is 3.94. The van der Waals surface area contributed by atoms with Crippen molar-refractivity contribution in [3.8, 4) is 11.5 Å². The fourth-order valence-corrected chi connectivity index (χ4v) is 4.50. The first kappa shape index (κ1) is 24.7. The van der Waals surface area contributed by atoms with Gasteiger partial charge in [0.2, 0.25) is 11.1 Å². The standard InChI is InChI=1S/C26H31N5O3S/c1-5-7-15-34-20-14-13-18(16-21(20)33-4)23-22(24(32)28-19-11-9-8-10-12-19)17(3)27-25-29-26(35-6-2)30-31(23)25/h8-14,16,23H,5-7,15H2,1-4H3,(H,28,32)(H,27,29,30). The van der Waals surface area contributed by atoms with Crippen molar-refractivity contribution in [1.82, 2.24) is 14.8 Å². The molecular weight excluding hydrogens is 462 g/mol. The molecule has 8 nitrogen and oxygen atoms in total. The molecule has 35 heavy (non-hydrogen) atoms. The average Bonchev–Trinajstić information content (AvgIpc) is 3.26. The summed E-state index contributed by atoms with van der Waals surface area (Å²) in [5, 5.41) is 11.7. The maximum absolute atomic E-state index is 13.6. The van der Waals surface area contributed by atoms with Gasteiger partial charge in [-0.2, -0.15) is 4.98 Å². The molecule has 1 aliphatic heterocycles. The molecule has 2 N–H and O–H groups in total. The highest BCUT2D eigenvalue weighted by molar-refractivity contribution is 7.99. The minimum absolute atomic E-state index is 0.209. The van der Waals surface area contributed by atoms with E-state index in [1.165, 1.54) is 0 Å². The van der Waals surface area contributed by atoms with Gasteiger partial charge in [-0.1, -0.05) is 56.3 Å². The number of hydrogen-bond acceptors (Lipinski definition) is 7. The molecule has 0 aliphatic carbocycles. The van der Waals surface area contributed by atoms with E-state index in [9.17, 15) is 4.79 Å². The zero-order valence-corrected chi connectivity index (χ0v) is 21.3. The number of nitrogens with one attached hydrogen (secondary N) is 2. The Labute approximate surface area is 210 Å². The minimum atomic E-state index is -0.493. The third-order valence-corrected chi connectivity index (χ3v) is 6.36. The van der Waals surface area contributed by atoms with E-state index in [0.29, 0.717) is 34.8 Å². The average molecular weight is 494 g/mol. The van der Waals surface area contributed by atoms with Crippen LogP contribution in [0.2, 0.25) is 0 Å². The van der Waals surface area contributed by atoms with Gasteiger partial charge in [0, 0.05) is 11.4 Å². The molecule has 4 rings (SSSR count). The second kappa shape index (κ2) is 11.3. The van der Waals surface area contributed by atoms with Crippen LogP contribution >= 0.6 is 11.8 Å². The summed E-state index contributed by atoms with van der Waals surface area (Å²) in [4.78, 5) is 18.2. The second-order valence-corrected chi connectivity index (χ2v) is 9.33. The number of nitrogens with zero attached hydrogens (tertiary/aromatic N) is 3. The van der Waals surface area contributed by atoms with Crippen LogP contribution in [0.25, 0.3) is 0 Å². The number of amides is 1. The summed E-state index contributed by atoms with van der Waals surface area (Å²) in [6.07, 6.45) is 2.01. The Morgan fingerprint density at radius 2 is 1.97 bits per heavy atom. The summed E-state index contributed by atoms with van der Waals surface area (Å²) in [5.41, 5.74) is 2.85. The number of aromatic nitrogens is 3. The van der Waals surface area contributed by atoms with Crippen LogP contribution in [0.1, 0.15) is 45.2 Å². The van der Waals surface area contributed by atoms with E-state index in [-0.39, 0.29) is 5.91 Å². The number of fused-ring (bicyclic) bond motifs is 1. The van der Waals surface area contributed by atoms with E-state index in [1.807, 2.05) is 55.5 Å². The normalized spacial score (nSPS) is 14.8. The fraction of sp³-hybridized carbons (Fsp3) is 0.346. The molecule has 2 aromatic carbocycles. The van der Waals surface area contributed by atoms with Gasteiger partial charge in [0.25, 0.3) is 5.91 Å². The molecule has 1 aromatic heterocycles. The van der Waals surface area contributed by atoms with Gasteiger partial charge >= 0.3 is 0 Å². The first-order chi connectivity index (χ1) is 17.0. The molecule has 0 spiro atoms. The van der Waals surface area contributed by atoms with Crippen LogP contribution in [0.4, 0.5) is 11.6 Å². The molecule has 0 radical (unpaired) electrons. The molecule has 9 heteroatoms. The van der Waals surface area contributed by atoms with Crippen LogP contribution in [0.15, 0.2) is 65.0 Å². The third kappa shape index (κ3) is 5.45. The maximum Gasteiger partial charge on any atom is 0.255 e. The van der Waals surface area contributed by atoms with Crippen molar-refractivity contribution in [2.24, 2.45) is 0 Å². The molecule has 1 unspecified atom stereocenters. The molecule has 0 saturated carbocycles. The van der Waals surface area contributed by atoms with E-state index in [0.717, 1.165) is 35.5 Å². The lowest BCUT2D eigenvalue weighted by Gasteiger charge is -2.29. The molecule has 0 fully saturated rings. The molecular formula is C26H31N5O3S. The van der Waals surface area contributed by atoms with Crippen molar-refractivity contribution in [2.45, 2.75) is 44.8 Å². The van der Waals surface area contributed by atoms with E-state index < -0.39 is 6.04 Å². The quantitative estimate of drug-likeness (QED) is 0.284. The number of carbonyl (C=O) groups is 1. The zero-order valence-electron chi connectivity index (χ0n) is 20.5. The zero-order chi connectivity index (χ0) is 24.8. The minimum Gasteiger partial charge on any atom is -0.493 e. The van der Waals surface area contributed by atoms with Gasteiger partial charge in [0.05, 0.1) is 19.3 Å².